The highest BCUT2D eigenvalue weighted by atomic mass is 16.5. The molecule has 0 radical (unpaired) electrons. The molecule has 6 nitrogen and oxygen atoms in total. The summed E-state index contributed by atoms with van der Waals surface area (Å²) in [6, 6.07) is 3.82. The Bertz CT molecular complexity index is 595. The lowest BCUT2D eigenvalue weighted by Crippen LogP contribution is -2.68. The number of amides is 1. The van der Waals surface area contributed by atoms with Crippen LogP contribution in [-0.2, 0) is 4.74 Å². The number of ether oxygens (including phenoxy) is 1. The normalized spacial score (nSPS) is 30.8. The molecule has 4 rings (SSSR count). The second-order valence-corrected chi connectivity index (χ2v) is 7.31. The Balaban J connectivity index is 1.49. The number of carbonyl (C=O) groups excluding carboxylic acids is 1. The Kier molecular flexibility index (Phi) is 3.52. The van der Waals surface area contributed by atoms with Gasteiger partial charge in [-0.2, -0.15) is 0 Å². The molecule has 23 heavy (non-hydrogen) atoms. The Morgan fingerprint density at radius 3 is 2.74 bits per heavy atom. The quantitative estimate of drug-likeness (QED) is 0.918. The topological polar surface area (TPSA) is 67.4 Å². The molecule has 1 aromatic rings. The summed E-state index contributed by atoms with van der Waals surface area (Å²) >= 11 is 0. The minimum absolute atomic E-state index is 0.107. The first-order valence-corrected chi connectivity index (χ1v) is 8.55. The number of hydrogen-bond donors (Lipinski definition) is 1. The molecule has 6 heteroatoms. The first-order chi connectivity index (χ1) is 11.1. The molecule has 3 atom stereocenters. The lowest BCUT2D eigenvalue weighted by atomic mass is 9.54. The molecule has 3 aliphatic rings. The van der Waals surface area contributed by atoms with E-state index >= 15 is 0 Å². The van der Waals surface area contributed by atoms with Crippen LogP contribution in [0.2, 0.25) is 0 Å². The zero-order valence-corrected chi connectivity index (χ0v) is 13.8. The Morgan fingerprint density at radius 2 is 2.09 bits per heavy atom. The monoisotopic (exact) mass is 316 g/mol. The first kappa shape index (κ1) is 14.9. The summed E-state index contributed by atoms with van der Waals surface area (Å²) in [5.41, 5.74) is 0.569. The van der Waals surface area contributed by atoms with Crippen molar-refractivity contribution in [3.63, 3.8) is 0 Å². The number of nitrogens with zero attached hydrogens (tertiary/aromatic N) is 3. The predicted molar refractivity (Wildman–Crippen MR) is 86.4 cm³/mol. The average Bonchev–Trinajstić information content (AvgIpc) is 3.21. The number of rotatable bonds is 3. The summed E-state index contributed by atoms with van der Waals surface area (Å²) in [4.78, 5) is 14.5. The third kappa shape index (κ3) is 2.23. The second-order valence-electron chi connectivity index (χ2n) is 7.31. The van der Waals surface area contributed by atoms with Gasteiger partial charge in [-0.25, -0.2) is 0 Å². The van der Waals surface area contributed by atoms with Crippen molar-refractivity contribution in [2.75, 3.05) is 25.6 Å². The van der Waals surface area contributed by atoms with Gasteiger partial charge in [-0.3, -0.25) is 4.79 Å². The van der Waals surface area contributed by atoms with E-state index in [1.807, 2.05) is 25.1 Å². The minimum atomic E-state index is -0.107. The van der Waals surface area contributed by atoms with Crippen LogP contribution < -0.4 is 10.2 Å². The van der Waals surface area contributed by atoms with Gasteiger partial charge in [-0.15, -0.1) is 10.2 Å². The maximum Gasteiger partial charge on any atom is 0.272 e. The lowest BCUT2D eigenvalue weighted by Gasteiger charge is -2.56. The lowest BCUT2D eigenvalue weighted by molar-refractivity contribution is -0.126. The van der Waals surface area contributed by atoms with Gasteiger partial charge in [-0.05, 0) is 31.4 Å². The molecule has 0 bridgehead atoms. The molecule has 2 heterocycles. The Hall–Kier alpha value is -1.69. The van der Waals surface area contributed by atoms with Crippen molar-refractivity contribution < 1.29 is 9.53 Å². The van der Waals surface area contributed by atoms with Crippen LogP contribution in [0.4, 0.5) is 5.82 Å². The standard InChI is InChI=1S/C17H24N4O2/c1-21(2)13-6-5-12(19-20-13)16(22)18-14-11-7-10-23-15(11)17(14)8-3-4-9-17/h5-6,11,14-15H,3-4,7-10H2,1-2H3,(H,18,22)/t11-,14-,15+/m1/s1. The van der Waals surface area contributed by atoms with Crippen LogP contribution in [0.25, 0.3) is 0 Å². The first-order valence-electron chi connectivity index (χ1n) is 8.55. The van der Waals surface area contributed by atoms with E-state index in [0.717, 1.165) is 18.8 Å². The van der Waals surface area contributed by atoms with Crippen LogP contribution in [0.5, 0.6) is 0 Å². The van der Waals surface area contributed by atoms with Crippen LogP contribution in [0.1, 0.15) is 42.6 Å². The summed E-state index contributed by atoms with van der Waals surface area (Å²) < 4.78 is 5.96. The molecule has 1 saturated heterocycles. The van der Waals surface area contributed by atoms with E-state index in [1.165, 1.54) is 25.7 Å². The number of fused-ring (bicyclic) bond motifs is 2. The van der Waals surface area contributed by atoms with Gasteiger partial charge in [0, 0.05) is 38.1 Å². The third-order valence-electron chi connectivity index (χ3n) is 5.91. The van der Waals surface area contributed by atoms with Gasteiger partial charge in [-0.1, -0.05) is 12.8 Å². The van der Waals surface area contributed by atoms with Crippen molar-refractivity contribution in [2.45, 2.75) is 44.2 Å². The number of anilines is 1. The van der Waals surface area contributed by atoms with Crippen molar-refractivity contribution in [3.8, 4) is 0 Å². The van der Waals surface area contributed by atoms with Gasteiger partial charge in [0.2, 0.25) is 0 Å². The number of nitrogens with one attached hydrogen (secondary N) is 1. The van der Waals surface area contributed by atoms with Gasteiger partial charge in [0.05, 0.1) is 6.10 Å². The zero-order chi connectivity index (χ0) is 16.0. The van der Waals surface area contributed by atoms with Gasteiger partial charge in [0.1, 0.15) is 0 Å². The van der Waals surface area contributed by atoms with E-state index in [9.17, 15) is 4.79 Å². The smallest absolute Gasteiger partial charge is 0.272 e. The van der Waals surface area contributed by atoms with Crippen LogP contribution in [0.15, 0.2) is 12.1 Å². The Morgan fingerprint density at radius 1 is 1.30 bits per heavy atom. The molecule has 1 aromatic heterocycles. The molecule has 0 aromatic carbocycles. The molecule has 2 aliphatic carbocycles. The van der Waals surface area contributed by atoms with Crippen molar-refractivity contribution in [1.82, 2.24) is 15.5 Å². The van der Waals surface area contributed by atoms with Gasteiger partial charge >= 0.3 is 0 Å². The fourth-order valence-corrected chi connectivity index (χ4v) is 4.80. The Labute approximate surface area is 136 Å². The SMILES string of the molecule is CN(C)c1ccc(C(=O)N[C@@H]2[C@H]3CCO[C@@H]3C23CCCC3)nn1. The molecule has 1 amide bonds. The minimum Gasteiger partial charge on any atom is -0.377 e. The molecule has 0 unspecified atom stereocenters. The van der Waals surface area contributed by atoms with E-state index in [1.54, 1.807) is 6.07 Å². The molecule has 1 N–H and O–H groups in total. The van der Waals surface area contributed by atoms with Crippen LogP contribution in [-0.4, -0.2) is 49.0 Å². The highest BCUT2D eigenvalue weighted by Gasteiger charge is 2.65. The maximum atomic E-state index is 12.6. The van der Waals surface area contributed by atoms with Crippen LogP contribution in [0.3, 0.4) is 0 Å². The predicted octanol–water partition coefficient (Wildman–Crippen LogP) is 1.62. The summed E-state index contributed by atoms with van der Waals surface area (Å²) in [6.45, 7) is 0.834. The summed E-state index contributed by atoms with van der Waals surface area (Å²) in [5, 5.41) is 11.4. The molecule has 1 aliphatic heterocycles. The van der Waals surface area contributed by atoms with Crippen molar-refractivity contribution in [3.05, 3.63) is 17.8 Å². The van der Waals surface area contributed by atoms with Crippen molar-refractivity contribution in [1.29, 1.82) is 0 Å². The molecule has 2 saturated carbocycles. The second kappa shape index (κ2) is 5.44. The molecule has 1 spiro atoms. The number of carbonyl (C=O) groups is 1. The highest BCUT2D eigenvalue weighted by molar-refractivity contribution is 5.92. The third-order valence-corrected chi connectivity index (χ3v) is 5.91. The van der Waals surface area contributed by atoms with Crippen molar-refractivity contribution >= 4 is 11.7 Å². The number of aromatic nitrogens is 2. The molecule has 124 valence electrons. The number of hydrogen-bond acceptors (Lipinski definition) is 5. The van der Waals surface area contributed by atoms with E-state index in [0.29, 0.717) is 17.7 Å². The van der Waals surface area contributed by atoms with E-state index in [2.05, 4.69) is 15.5 Å². The fourth-order valence-electron chi connectivity index (χ4n) is 4.80. The summed E-state index contributed by atoms with van der Waals surface area (Å²) in [6.07, 6.45) is 6.25. The van der Waals surface area contributed by atoms with Crippen LogP contribution >= 0.6 is 0 Å². The van der Waals surface area contributed by atoms with Crippen LogP contribution in [0, 0.1) is 11.3 Å². The maximum absolute atomic E-state index is 12.6. The zero-order valence-electron chi connectivity index (χ0n) is 13.8. The average molecular weight is 316 g/mol. The van der Waals surface area contributed by atoms with E-state index < -0.39 is 0 Å². The van der Waals surface area contributed by atoms with Crippen molar-refractivity contribution in [2.24, 2.45) is 11.3 Å². The molecule has 3 fully saturated rings. The highest BCUT2D eigenvalue weighted by Crippen LogP contribution is 2.60. The summed E-state index contributed by atoms with van der Waals surface area (Å²) in [5.74, 6) is 1.12. The molecular formula is C17H24N4O2. The largest absolute Gasteiger partial charge is 0.377 e. The van der Waals surface area contributed by atoms with E-state index in [4.69, 9.17) is 4.74 Å². The van der Waals surface area contributed by atoms with Gasteiger partial charge < -0.3 is 15.0 Å². The molecular weight excluding hydrogens is 292 g/mol. The fraction of sp³-hybridized carbons (Fsp3) is 0.706. The van der Waals surface area contributed by atoms with Gasteiger partial charge in [0.15, 0.2) is 11.5 Å². The summed E-state index contributed by atoms with van der Waals surface area (Å²) in [7, 11) is 3.81. The van der Waals surface area contributed by atoms with E-state index in [-0.39, 0.29) is 17.4 Å². The van der Waals surface area contributed by atoms with Gasteiger partial charge in [0.25, 0.3) is 5.91 Å².